The van der Waals surface area contributed by atoms with Crippen LogP contribution in [0.4, 0.5) is 5.82 Å². The van der Waals surface area contributed by atoms with Crippen LogP contribution in [0.15, 0.2) is 28.7 Å². The molecule has 1 unspecified atom stereocenters. The molecule has 2 aliphatic rings. The summed E-state index contributed by atoms with van der Waals surface area (Å²) in [6, 6.07) is 6.30. The number of fused-ring (bicyclic) bond motifs is 3. The first-order chi connectivity index (χ1) is 13.5. The van der Waals surface area contributed by atoms with Gasteiger partial charge in [0.1, 0.15) is 23.0 Å². The fourth-order valence-electron chi connectivity index (χ4n) is 3.83. The molecule has 2 fully saturated rings. The summed E-state index contributed by atoms with van der Waals surface area (Å²) in [5, 5.41) is 16.5. The number of carboxylic acid groups (broad SMARTS) is 1. The molecule has 2 saturated heterocycles. The number of aromatic nitrogens is 2. The van der Waals surface area contributed by atoms with Crippen LogP contribution in [-0.4, -0.2) is 58.2 Å². The highest BCUT2D eigenvalue weighted by Gasteiger charge is 2.41. The zero-order chi connectivity index (χ0) is 19.4. The monoisotopic (exact) mass is 381 g/mol. The lowest BCUT2D eigenvalue weighted by molar-refractivity contribution is -0.138. The Morgan fingerprint density at radius 2 is 2.11 bits per heavy atom. The van der Waals surface area contributed by atoms with E-state index in [0.717, 1.165) is 5.39 Å². The predicted octanol–water partition coefficient (Wildman–Crippen LogP) is 0.804. The number of amides is 1. The maximum atomic E-state index is 12.1. The highest BCUT2D eigenvalue weighted by atomic mass is 16.4. The molecule has 3 N–H and O–H groups in total. The first-order valence-electron chi connectivity index (χ1n) is 9.20. The number of benzene rings is 1. The molecule has 4 heterocycles. The van der Waals surface area contributed by atoms with Gasteiger partial charge in [0.25, 0.3) is 0 Å². The van der Waals surface area contributed by atoms with Gasteiger partial charge in [-0.25, -0.2) is 14.8 Å². The van der Waals surface area contributed by atoms with Crippen molar-refractivity contribution in [2.45, 2.75) is 31.5 Å². The molecule has 28 heavy (non-hydrogen) atoms. The van der Waals surface area contributed by atoms with E-state index < -0.39 is 12.0 Å². The molecule has 144 valence electrons. The number of aryl methyl sites for hydroxylation is 1. The van der Waals surface area contributed by atoms with Gasteiger partial charge >= 0.3 is 5.97 Å². The summed E-state index contributed by atoms with van der Waals surface area (Å²) in [6.07, 6.45) is 0.304. The van der Waals surface area contributed by atoms with Crippen molar-refractivity contribution < 1.29 is 19.1 Å². The predicted molar refractivity (Wildman–Crippen MR) is 101 cm³/mol. The fourth-order valence-corrected chi connectivity index (χ4v) is 3.83. The van der Waals surface area contributed by atoms with Crippen molar-refractivity contribution in [3.63, 3.8) is 0 Å². The average molecular weight is 381 g/mol. The van der Waals surface area contributed by atoms with Crippen LogP contribution in [0.25, 0.3) is 22.1 Å². The van der Waals surface area contributed by atoms with E-state index in [4.69, 9.17) is 4.42 Å². The van der Waals surface area contributed by atoms with Gasteiger partial charge in [-0.3, -0.25) is 4.79 Å². The van der Waals surface area contributed by atoms with Crippen LogP contribution in [0.1, 0.15) is 12.2 Å². The van der Waals surface area contributed by atoms with Crippen LogP contribution in [0.2, 0.25) is 0 Å². The van der Waals surface area contributed by atoms with Crippen LogP contribution in [0.3, 0.4) is 0 Å². The summed E-state index contributed by atoms with van der Waals surface area (Å²) >= 11 is 0. The highest BCUT2D eigenvalue weighted by molar-refractivity contribution is 6.06. The summed E-state index contributed by atoms with van der Waals surface area (Å²) in [5.41, 5.74) is 1.81. The van der Waals surface area contributed by atoms with E-state index in [1.54, 1.807) is 11.8 Å². The largest absolute Gasteiger partial charge is 0.480 e. The second-order valence-corrected chi connectivity index (χ2v) is 7.28. The SMILES string of the molecule is Cc1nc(N2C[C@@H](NC(=O)C3CN3)C[C@H]2C(=O)O)c2oc3ccccc3c2n1. The topological polar surface area (TPSA) is 130 Å². The third-order valence-corrected chi connectivity index (χ3v) is 5.24. The second-order valence-electron chi connectivity index (χ2n) is 7.28. The Morgan fingerprint density at radius 3 is 2.86 bits per heavy atom. The molecule has 2 aromatic heterocycles. The number of hydrogen-bond acceptors (Lipinski definition) is 7. The number of furan rings is 1. The summed E-state index contributed by atoms with van der Waals surface area (Å²) in [6.45, 7) is 2.78. The Balaban J connectivity index is 1.57. The molecule has 1 aromatic carbocycles. The number of anilines is 1. The van der Waals surface area contributed by atoms with Gasteiger partial charge in [0.2, 0.25) is 5.91 Å². The molecule has 5 rings (SSSR count). The Labute approximate surface area is 159 Å². The zero-order valence-electron chi connectivity index (χ0n) is 15.2. The Kier molecular flexibility index (Phi) is 3.73. The standard InChI is InChI=1S/C19H19N5O4/c1-9-21-15-11-4-2-3-5-14(11)28-16(15)17(22-9)24-8-10(6-13(24)19(26)27)23-18(25)12-7-20-12/h2-5,10,12-13,20H,6-8H2,1H3,(H,23,25)(H,26,27)/t10-,12?,13-/m0/s1. The van der Waals surface area contributed by atoms with Gasteiger partial charge in [-0.1, -0.05) is 12.1 Å². The number of carbonyl (C=O) groups is 2. The Bertz CT molecular complexity index is 1110. The van der Waals surface area contributed by atoms with E-state index in [0.29, 0.717) is 47.8 Å². The minimum Gasteiger partial charge on any atom is -0.480 e. The van der Waals surface area contributed by atoms with E-state index >= 15 is 0 Å². The summed E-state index contributed by atoms with van der Waals surface area (Å²) in [5.74, 6) is -0.0641. The minimum absolute atomic E-state index is 0.0938. The van der Waals surface area contributed by atoms with E-state index in [2.05, 4.69) is 20.6 Å². The zero-order valence-corrected chi connectivity index (χ0v) is 15.2. The number of rotatable bonds is 4. The van der Waals surface area contributed by atoms with Crippen molar-refractivity contribution in [2.75, 3.05) is 18.0 Å². The molecule has 0 saturated carbocycles. The quantitative estimate of drug-likeness (QED) is 0.566. The third kappa shape index (κ3) is 2.75. The molecule has 0 bridgehead atoms. The van der Waals surface area contributed by atoms with Crippen molar-refractivity contribution in [2.24, 2.45) is 0 Å². The number of aliphatic carboxylic acids is 1. The molecular weight excluding hydrogens is 362 g/mol. The lowest BCUT2D eigenvalue weighted by atomic mass is 10.1. The van der Waals surface area contributed by atoms with E-state index in [1.807, 2.05) is 24.3 Å². The third-order valence-electron chi connectivity index (χ3n) is 5.24. The van der Waals surface area contributed by atoms with Gasteiger partial charge in [0.05, 0.1) is 6.04 Å². The molecule has 0 spiro atoms. The average Bonchev–Trinajstić information content (AvgIpc) is 3.34. The normalized spacial score (nSPS) is 24.0. The number of para-hydroxylation sites is 1. The van der Waals surface area contributed by atoms with Crippen LogP contribution < -0.4 is 15.5 Å². The summed E-state index contributed by atoms with van der Waals surface area (Å²) < 4.78 is 5.99. The fraction of sp³-hybridized carbons (Fsp3) is 0.368. The van der Waals surface area contributed by atoms with Gasteiger partial charge in [-0.05, 0) is 19.1 Å². The lowest BCUT2D eigenvalue weighted by Crippen LogP contribution is -2.40. The van der Waals surface area contributed by atoms with Gasteiger partial charge in [-0.2, -0.15) is 0 Å². The van der Waals surface area contributed by atoms with Crippen molar-refractivity contribution >= 4 is 39.8 Å². The van der Waals surface area contributed by atoms with Crippen LogP contribution in [0.5, 0.6) is 0 Å². The maximum absolute atomic E-state index is 12.1. The first-order valence-corrected chi connectivity index (χ1v) is 9.20. The molecule has 9 nitrogen and oxygen atoms in total. The molecule has 0 aliphatic carbocycles. The van der Waals surface area contributed by atoms with E-state index in [9.17, 15) is 14.7 Å². The summed E-state index contributed by atoms with van der Waals surface area (Å²) in [4.78, 5) is 34.7. The molecule has 2 aliphatic heterocycles. The van der Waals surface area contributed by atoms with Gasteiger partial charge < -0.3 is 25.1 Å². The molecule has 3 atom stereocenters. The van der Waals surface area contributed by atoms with Gasteiger partial charge in [0.15, 0.2) is 11.4 Å². The summed E-state index contributed by atoms with van der Waals surface area (Å²) in [7, 11) is 0. The maximum Gasteiger partial charge on any atom is 0.326 e. The van der Waals surface area contributed by atoms with E-state index in [-0.39, 0.29) is 18.0 Å². The van der Waals surface area contributed by atoms with E-state index in [1.165, 1.54) is 0 Å². The lowest BCUT2D eigenvalue weighted by Gasteiger charge is -2.22. The number of carboxylic acids is 1. The molecular formula is C19H19N5O4. The van der Waals surface area contributed by atoms with Gasteiger partial charge in [0, 0.05) is 30.9 Å². The van der Waals surface area contributed by atoms with Gasteiger partial charge in [-0.15, -0.1) is 0 Å². The van der Waals surface area contributed by atoms with Crippen LogP contribution in [0, 0.1) is 6.92 Å². The smallest absolute Gasteiger partial charge is 0.326 e. The van der Waals surface area contributed by atoms with Crippen molar-refractivity contribution in [3.8, 4) is 0 Å². The van der Waals surface area contributed by atoms with Crippen LogP contribution >= 0.6 is 0 Å². The second kappa shape index (κ2) is 6.16. The van der Waals surface area contributed by atoms with Crippen LogP contribution in [-0.2, 0) is 9.59 Å². The first kappa shape index (κ1) is 16.9. The molecule has 0 radical (unpaired) electrons. The number of nitrogens with zero attached hydrogens (tertiary/aromatic N) is 3. The van der Waals surface area contributed by atoms with Crippen molar-refractivity contribution in [1.82, 2.24) is 20.6 Å². The molecule has 1 amide bonds. The van der Waals surface area contributed by atoms with Crippen molar-refractivity contribution in [3.05, 3.63) is 30.1 Å². The number of carbonyl (C=O) groups excluding carboxylic acids is 1. The minimum atomic E-state index is -0.957. The number of hydrogen-bond donors (Lipinski definition) is 3. The Morgan fingerprint density at radius 1 is 1.32 bits per heavy atom. The molecule has 3 aromatic rings. The Hall–Kier alpha value is -3.20. The van der Waals surface area contributed by atoms with Crippen molar-refractivity contribution in [1.29, 1.82) is 0 Å². The molecule has 9 heteroatoms. The highest BCUT2D eigenvalue weighted by Crippen LogP contribution is 2.35. The number of nitrogens with one attached hydrogen (secondary N) is 2.